The number of nitrogens with zero attached hydrogens (tertiary/aromatic N) is 1. The Morgan fingerprint density at radius 3 is 2.33 bits per heavy atom. The molecule has 0 aliphatic rings. The van der Waals surface area contributed by atoms with Crippen LogP contribution in [0.5, 0.6) is 0 Å². The van der Waals surface area contributed by atoms with Gasteiger partial charge in [0.15, 0.2) is 0 Å². The van der Waals surface area contributed by atoms with Crippen LogP contribution in [0.1, 0.15) is 47.0 Å². The quantitative estimate of drug-likeness (QED) is 0.635. The van der Waals surface area contributed by atoms with Gasteiger partial charge in [-0.3, -0.25) is 0 Å². The van der Waals surface area contributed by atoms with Crippen molar-refractivity contribution >= 4 is 0 Å². The SMILES string of the molecule is CCCCN(CC(C)CNC)C(C)CC. The summed E-state index contributed by atoms with van der Waals surface area (Å²) in [5.41, 5.74) is 0. The molecule has 0 heterocycles. The highest BCUT2D eigenvalue weighted by molar-refractivity contribution is 4.69. The lowest BCUT2D eigenvalue weighted by atomic mass is 10.1. The molecule has 2 unspecified atom stereocenters. The fraction of sp³-hybridized carbons (Fsp3) is 1.00. The van der Waals surface area contributed by atoms with Crippen LogP contribution >= 0.6 is 0 Å². The maximum atomic E-state index is 3.26. The van der Waals surface area contributed by atoms with Crippen LogP contribution in [0.25, 0.3) is 0 Å². The topological polar surface area (TPSA) is 15.3 Å². The normalized spacial score (nSPS) is 15.6. The van der Waals surface area contributed by atoms with Gasteiger partial charge in [0.05, 0.1) is 0 Å². The third-order valence-electron chi connectivity index (χ3n) is 3.11. The van der Waals surface area contributed by atoms with Gasteiger partial charge < -0.3 is 10.2 Å². The minimum Gasteiger partial charge on any atom is -0.319 e. The molecule has 0 bridgehead atoms. The lowest BCUT2D eigenvalue weighted by molar-refractivity contribution is 0.174. The molecule has 0 aromatic heterocycles. The van der Waals surface area contributed by atoms with Crippen LogP contribution in [0.2, 0.25) is 0 Å². The second-order valence-electron chi connectivity index (χ2n) is 4.77. The van der Waals surface area contributed by atoms with Gasteiger partial charge in [-0.25, -0.2) is 0 Å². The Hall–Kier alpha value is -0.0800. The van der Waals surface area contributed by atoms with Crippen molar-refractivity contribution in [2.24, 2.45) is 5.92 Å². The van der Waals surface area contributed by atoms with Crippen LogP contribution in [0.4, 0.5) is 0 Å². The zero-order valence-corrected chi connectivity index (χ0v) is 11.3. The number of hydrogen-bond donors (Lipinski definition) is 1. The number of unbranched alkanes of at least 4 members (excludes halogenated alkanes) is 1. The van der Waals surface area contributed by atoms with Gasteiger partial charge in [-0.1, -0.05) is 27.2 Å². The lowest BCUT2D eigenvalue weighted by Crippen LogP contribution is -2.39. The Kier molecular flexibility index (Phi) is 9.12. The number of hydrogen-bond acceptors (Lipinski definition) is 2. The van der Waals surface area contributed by atoms with Gasteiger partial charge in [0.25, 0.3) is 0 Å². The second-order valence-corrected chi connectivity index (χ2v) is 4.77. The summed E-state index contributed by atoms with van der Waals surface area (Å²) < 4.78 is 0. The highest BCUT2D eigenvalue weighted by Gasteiger charge is 2.14. The van der Waals surface area contributed by atoms with Crippen LogP contribution < -0.4 is 5.32 Å². The zero-order chi connectivity index (χ0) is 11.7. The summed E-state index contributed by atoms with van der Waals surface area (Å²) in [5, 5.41) is 3.26. The van der Waals surface area contributed by atoms with Gasteiger partial charge in [-0.05, 0) is 45.8 Å². The maximum absolute atomic E-state index is 3.26. The molecule has 0 aromatic carbocycles. The van der Waals surface area contributed by atoms with E-state index in [9.17, 15) is 0 Å². The molecule has 2 nitrogen and oxygen atoms in total. The predicted octanol–water partition coefficient (Wildman–Crippen LogP) is 2.74. The fourth-order valence-electron chi connectivity index (χ4n) is 1.92. The van der Waals surface area contributed by atoms with Gasteiger partial charge in [0.2, 0.25) is 0 Å². The van der Waals surface area contributed by atoms with E-state index >= 15 is 0 Å². The Bertz CT molecular complexity index is 136. The third kappa shape index (κ3) is 6.91. The first-order valence-electron chi connectivity index (χ1n) is 6.54. The molecular weight excluding hydrogens is 184 g/mol. The van der Waals surface area contributed by atoms with E-state index in [4.69, 9.17) is 0 Å². The lowest BCUT2D eigenvalue weighted by Gasteiger charge is -2.30. The van der Waals surface area contributed by atoms with E-state index in [1.54, 1.807) is 0 Å². The van der Waals surface area contributed by atoms with E-state index < -0.39 is 0 Å². The maximum Gasteiger partial charge on any atom is 0.00644 e. The monoisotopic (exact) mass is 214 g/mol. The van der Waals surface area contributed by atoms with Gasteiger partial charge in [-0.2, -0.15) is 0 Å². The van der Waals surface area contributed by atoms with Crippen LogP contribution in [0, 0.1) is 5.92 Å². The molecule has 2 atom stereocenters. The van der Waals surface area contributed by atoms with Crippen LogP contribution in [0.15, 0.2) is 0 Å². The summed E-state index contributed by atoms with van der Waals surface area (Å²) in [5.74, 6) is 0.751. The Morgan fingerprint density at radius 2 is 1.87 bits per heavy atom. The Morgan fingerprint density at radius 1 is 1.20 bits per heavy atom. The van der Waals surface area contributed by atoms with Crippen molar-refractivity contribution in [3.63, 3.8) is 0 Å². The first kappa shape index (κ1) is 14.9. The molecule has 0 aliphatic heterocycles. The molecule has 0 fully saturated rings. The van der Waals surface area contributed by atoms with Crippen LogP contribution in [0.3, 0.4) is 0 Å². The first-order valence-corrected chi connectivity index (χ1v) is 6.54. The first-order chi connectivity index (χ1) is 7.15. The number of rotatable bonds is 9. The van der Waals surface area contributed by atoms with Crippen molar-refractivity contribution in [1.29, 1.82) is 0 Å². The van der Waals surface area contributed by atoms with Crippen molar-refractivity contribution in [3.8, 4) is 0 Å². The van der Waals surface area contributed by atoms with Gasteiger partial charge in [0.1, 0.15) is 0 Å². The minimum absolute atomic E-state index is 0.732. The largest absolute Gasteiger partial charge is 0.319 e. The smallest absolute Gasteiger partial charge is 0.00644 e. The summed E-state index contributed by atoms with van der Waals surface area (Å²) in [6.45, 7) is 12.9. The van der Waals surface area contributed by atoms with Gasteiger partial charge in [-0.15, -0.1) is 0 Å². The highest BCUT2D eigenvalue weighted by atomic mass is 15.1. The molecule has 0 amide bonds. The molecule has 92 valence electrons. The molecule has 0 rings (SSSR count). The Labute approximate surface area is 96.4 Å². The summed E-state index contributed by atoms with van der Waals surface area (Å²) >= 11 is 0. The highest BCUT2D eigenvalue weighted by Crippen LogP contribution is 2.09. The standard InChI is InChI=1S/C13H30N2/c1-6-8-9-15(13(4)7-2)11-12(3)10-14-5/h12-14H,6-11H2,1-5H3. The Balaban J connectivity index is 3.98. The molecule has 0 spiro atoms. The summed E-state index contributed by atoms with van der Waals surface area (Å²) in [6.07, 6.45) is 3.89. The van der Waals surface area contributed by atoms with Crippen LogP contribution in [-0.4, -0.2) is 37.6 Å². The average Bonchev–Trinajstić information content (AvgIpc) is 2.23. The van der Waals surface area contributed by atoms with Crippen molar-refractivity contribution < 1.29 is 0 Å². The summed E-state index contributed by atoms with van der Waals surface area (Å²) in [6, 6.07) is 0.732. The summed E-state index contributed by atoms with van der Waals surface area (Å²) in [7, 11) is 2.04. The molecule has 0 aromatic rings. The predicted molar refractivity (Wildman–Crippen MR) is 69.3 cm³/mol. The van der Waals surface area contributed by atoms with E-state index in [1.807, 2.05) is 7.05 Å². The van der Waals surface area contributed by atoms with Crippen molar-refractivity contribution in [1.82, 2.24) is 10.2 Å². The fourth-order valence-corrected chi connectivity index (χ4v) is 1.92. The summed E-state index contributed by atoms with van der Waals surface area (Å²) in [4.78, 5) is 2.64. The number of nitrogens with one attached hydrogen (secondary N) is 1. The van der Waals surface area contributed by atoms with E-state index in [0.29, 0.717) is 0 Å². The van der Waals surface area contributed by atoms with Crippen molar-refractivity contribution in [2.75, 3.05) is 26.7 Å². The second kappa shape index (κ2) is 9.17. The van der Waals surface area contributed by atoms with Crippen LogP contribution in [-0.2, 0) is 0 Å². The molecule has 1 N–H and O–H groups in total. The van der Waals surface area contributed by atoms with E-state index in [1.165, 1.54) is 32.4 Å². The molecular formula is C13H30N2. The van der Waals surface area contributed by atoms with E-state index in [0.717, 1.165) is 18.5 Å². The van der Waals surface area contributed by atoms with E-state index in [2.05, 4.69) is 37.9 Å². The minimum atomic E-state index is 0.732. The van der Waals surface area contributed by atoms with Gasteiger partial charge in [0, 0.05) is 12.6 Å². The average molecular weight is 214 g/mol. The third-order valence-corrected chi connectivity index (χ3v) is 3.11. The van der Waals surface area contributed by atoms with Gasteiger partial charge >= 0.3 is 0 Å². The molecule has 0 aliphatic carbocycles. The zero-order valence-electron chi connectivity index (χ0n) is 11.3. The van der Waals surface area contributed by atoms with Crippen molar-refractivity contribution in [3.05, 3.63) is 0 Å². The molecule has 0 saturated carbocycles. The van der Waals surface area contributed by atoms with Crippen molar-refractivity contribution in [2.45, 2.75) is 53.0 Å². The molecule has 2 heteroatoms. The molecule has 0 saturated heterocycles. The van der Waals surface area contributed by atoms with E-state index in [-0.39, 0.29) is 0 Å². The molecule has 15 heavy (non-hydrogen) atoms. The molecule has 0 radical (unpaired) electrons.